The highest BCUT2D eigenvalue weighted by Crippen LogP contribution is 2.19. The third kappa shape index (κ3) is 6.27. The van der Waals surface area contributed by atoms with E-state index in [0.29, 0.717) is 18.8 Å². The number of benzene rings is 2. The quantitative estimate of drug-likeness (QED) is 0.601. The molecule has 1 aromatic heterocycles. The van der Waals surface area contributed by atoms with Crippen LogP contribution in [0.3, 0.4) is 0 Å². The van der Waals surface area contributed by atoms with Crippen LogP contribution in [-0.4, -0.2) is 28.5 Å². The van der Waals surface area contributed by atoms with E-state index in [9.17, 15) is 9.18 Å². The smallest absolute Gasteiger partial charge is 0.271 e. The summed E-state index contributed by atoms with van der Waals surface area (Å²) >= 11 is 0. The molecule has 1 heterocycles. The molecule has 0 bridgehead atoms. The Morgan fingerprint density at radius 2 is 1.76 bits per heavy atom. The number of ether oxygens (including phenoxy) is 1. The molecule has 3 aromatic rings. The van der Waals surface area contributed by atoms with Gasteiger partial charge in [-0.15, -0.1) is 0 Å². The third-order valence-electron chi connectivity index (χ3n) is 4.00. The number of rotatable bonds is 8. The summed E-state index contributed by atoms with van der Waals surface area (Å²) in [7, 11) is 0. The van der Waals surface area contributed by atoms with Gasteiger partial charge in [-0.1, -0.05) is 12.1 Å². The standard InChI is InChI=1S/C22H23FN4O2/c1-15(2)29-19-9-7-18(8-10-19)27-21-14-25-20(13-26-21)22(28)24-12-11-16-3-5-17(23)6-4-16/h3-10,13-15H,11-12H2,1-2H3,(H,24,28)(H,26,27). The van der Waals surface area contributed by atoms with Gasteiger partial charge in [-0.05, 0) is 62.2 Å². The molecule has 0 fully saturated rings. The van der Waals surface area contributed by atoms with Crippen LogP contribution in [0.1, 0.15) is 29.9 Å². The van der Waals surface area contributed by atoms with Crippen molar-refractivity contribution >= 4 is 17.4 Å². The Morgan fingerprint density at radius 1 is 1.03 bits per heavy atom. The number of amides is 1. The van der Waals surface area contributed by atoms with Crippen molar-refractivity contribution in [2.24, 2.45) is 0 Å². The number of aromatic nitrogens is 2. The van der Waals surface area contributed by atoms with E-state index in [-0.39, 0.29) is 23.5 Å². The number of carbonyl (C=O) groups is 1. The molecule has 2 N–H and O–H groups in total. The summed E-state index contributed by atoms with van der Waals surface area (Å²) in [6, 6.07) is 13.7. The number of nitrogens with zero attached hydrogens (tertiary/aromatic N) is 2. The average molecular weight is 394 g/mol. The highest BCUT2D eigenvalue weighted by molar-refractivity contribution is 5.92. The molecule has 0 saturated heterocycles. The Kier molecular flexibility index (Phi) is 6.73. The van der Waals surface area contributed by atoms with Crippen LogP contribution < -0.4 is 15.4 Å². The minimum Gasteiger partial charge on any atom is -0.491 e. The fourth-order valence-corrected chi connectivity index (χ4v) is 2.61. The van der Waals surface area contributed by atoms with Gasteiger partial charge >= 0.3 is 0 Å². The first-order valence-corrected chi connectivity index (χ1v) is 9.38. The number of hydrogen-bond acceptors (Lipinski definition) is 5. The van der Waals surface area contributed by atoms with Crippen molar-refractivity contribution in [3.8, 4) is 5.75 Å². The van der Waals surface area contributed by atoms with Crippen LogP contribution in [0, 0.1) is 5.82 Å². The zero-order valence-electron chi connectivity index (χ0n) is 16.4. The van der Waals surface area contributed by atoms with Crippen molar-refractivity contribution < 1.29 is 13.9 Å². The Hall–Kier alpha value is -3.48. The van der Waals surface area contributed by atoms with Crippen LogP contribution in [0.2, 0.25) is 0 Å². The molecular weight excluding hydrogens is 371 g/mol. The summed E-state index contributed by atoms with van der Waals surface area (Å²) in [5, 5.41) is 5.91. The van der Waals surface area contributed by atoms with Gasteiger partial charge in [0.15, 0.2) is 0 Å². The Balaban J connectivity index is 1.49. The Morgan fingerprint density at radius 3 is 2.38 bits per heavy atom. The third-order valence-corrected chi connectivity index (χ3v) is 4.00. The van der Waals surface area contributed by atoms with Gasteiger partial charge in [-0.3, -0.25) is 4.79 Å². The lowest BCUT2D eigenvalue weighted by molar-refractivity contribution is 0.0949. The predicted molar refractivity (Wildman–Crippen MR) is 110 cm³/mol. The summed E-state index contributed by atoms with van der Waals surface area (Å²) in [5.41, 5.74) is 2.02. The molecule has 2 aromatic carbocycles. The van der Waals surface area contributed by atoms with E-state index in [1.807, 2.05) is 38.1 Å². The SMILES string of the molecule is CC(C)Oc1ccc(Nc2cnc(C(=O)NCCc3ccc(F)cc3)cn2)cc1. The van der Waals surface area contributed by atoms with Gasteiger partial charge in [0.05, 0.1) is 18.5 Å². The predicted octanol–water partition coefficient (Wildman–Crippen LogP) is 4.12. The Bertz CT molecular complexity index is 927. The maximum Gasteiger partial charge on any atom is 0.271 e. The van der Waals surface area contributed by atoms with E-state index in [0.717, 1.165) is 17.0 Å². The van der Waals surface area contributed by atoms with Gasteiger partial charge in [0, 0.05) is 12.2 Å². The summed E-state index contributed by atoms with van der Waals surface area (Å²) in [6.07, 6.45) is 3.66. The molecule has 0 saturated carbocycles. The van der Waals surface area contributed by atoms with E-state index in [1.54, 1.807) is 12.1 Å². The van der Waals surface area contributed by atoms with Crippen LogP contribution in [-0.2, 0) is 6.42 Å². The summed E-state index contributed by atoms with van der Waals surface area (Å²) in [6.45, 7) is 4.38. The topological polar surface area (TPSA) is 76.1 Å². The van der Waals surface area contributed by atoms with Gasteiger partial charge in [0.1, 0.15) is 23.1 Å². The molecule has 0 aliphatic rings. The second-order valence-electron chi connectivity index (χ2n) is 6.74. The lowest BCUT2D eigenvalue weighted by Crippen LogP contribution is -2.26. The van der Waals surface area contributed by atoms with E-state index in [1.165, 1.54) is 24.5 Å². The lowest BCUT2D eigenvalue weighted by atomic mass is 10.1. The van der Waals surface area contributed by atoms with Crippen LogP contribution in [0.5, 0.6) is 5.75 Å². The van der Waals surface area contributed by atoms with Crippen molar-refractivity contribution in [1.82, 2.24) is 15.3 Å². The number of halogens is 1. The van der Waals surface area contributed by atoms with Crippen LogP contribution in [0.25, 0.3) is 0 Å². The lowest BCUT2D eigenvalue weighted by Gasteiger charge is -2.11. The fraction of sp³-hybridized carbons (Fsp3) is 0.227. The maximum absolute atomic E-state index is 12.9. The van der Waals surface area contributed by atoms with Crippen molar-refractivity contribution in [2.75, 3.05) is 11.9 Å². The first-order valence-electron chi connectivity index (χ1n) is 9.38. The number of carbonyl (C=O) groups excluding carboxylic acids is 1. The molecule has 0 aliphatic carbocycles. The van der Waals surface area contributed by atoms with Gasteiger partial charge in [-0.25, -0.2) is 14.4 Å². The van der Waals surface area contributed by atoms with Gasteiger partial charge in [-0.2, -0.15) is 0 Å². The molecule has 0 atom stereocenters. The average Bonchev–Trinajstić information content (AvgIpc) is 2.71. The molecule has 1 amide bonds. The molecule has 0 spiro atoms. The van der Waals surface area contributed by atoms with Gasteiger partial charge in [0.25, 0.3) is 5.91 Å². The van der Waals surface area contributed by atoms with E-state index in [2.05, 4.69) is 20.6 Å². The highest BCUT2D eigenvalue weighted by Gasteiger charge is 2.08. The van der Waals surface area contributed by atoms with Crippen molar-refractivity contribution in [2.45, 2.75) is 26.4 Å². The molecule has 0 aliphatic heterocycles. The number of anilines is 2. The van der Waals surface area contributed by atoms with Crippen LogP contribution >= 0.6 is 0 Å². The van der Waals surface area contributed by atoms with Crippen molar-refractivity contribution in [3.05, 3.63) is 78.0 Å². The van der Waals surface area contributed by atoms with Crippen molar-refractivity contribution in [1.29, 1.82) is 0 Å². The number of hydrogen-bond donors (Lipinski definition) is 2. The summed E-state index contributed by atoms with van der Waals surface area (Å²) < 4.78 is 18.5. The molecule has 0 unspecified atom stereocenters. The molecule has 0 radical (unpaired) electrons. The van der Waals surface area contributed by atoms with Crippen molar-refractivity contribution in [3.63, 3.8) is 0 Å². The number of nitrogens with one attached hydrogen (secondary N) is 2. The fourth-order valence-electron chi connectivity index (χ4n) is 2.61. The highest BCUT2D eigenvalue weighted by atomic mass is 19.1. The maximum atomic E-state index is 12.9. The minimum absolute atomic E-state index is 0.119. The molecule has 3 rings (SSSR count). The normalized spacial score (nSPS) is 10.6. The first kappa shape index (κ1) is 20.3. The van der Waals surface area contributed by atoms with E-state index < -0.39 is 0 Å². The molecular formula is C22H23FN4O2. The summed E-state index contributed by atoms with van der Waals surface area (Å²) in [4.78, 5) is 20.6. The monoisotopic (exact) mass is 394 g/mol. The van der Waals surface area contributed by atoms with E-state index >= 15 is 0 Å². The zero-order chi connectivity index (χ0) is 20.6. The zero-order valence-corrected chi connectivity index (χ0v) is 16.4. The largest absolute Gasteiger partial charge is 0.491 e. The Labute approximate surface area is 169 Å². The minimum atomic E-state index is -0.304. The van der Waals surface area contributed by atoms with Gasteiger partial charge in [0.2, 0.25) is 0 Å². The summed E-state index contributed by atoms with van der Waals surface area (Å²) in [5.74, 6) is 0.748. The second-order valence-corrected chi connectivity index (χ2v) is 6.74. The van der Waals surface area contributed by atoms with Crippen LogP contribution in [0.15, 0.2) is 60.9 Å². The molecule has 29 heavy (non-hydrogen) atoms. The molecule has 150 valence electrons. The molecule has 6 nitrogen and oxygen atoms in total. The first-order chi connectivity index (χ1) is 14.0. The van der Waals surface area contributed by atoms with Crippen LogP contribution in [0.4, 0.5) is 15.9 Å². The van der Waals surface area contributed by atoms with Gasteiger partial charge < -0.3 is 15.4 Å². The molecule has 7 heteroatoms. The second kappa shape index (κ2) is 9.64. The van der Waals surface area contributed by atoms with E-state index in [4.69, 9.17) is 4.74 Å².